The number of nitrogens with one attached hydrogen (secondary N) is 1. The number of rotatable bonds is 7. The summed E-state index contributed by atoms with van der Waals surface area (Å²) in [6.07, 6.45) is 1.23. The first-order valence-corrected chi connectivity index (χ1v) is 11.1. The summed E-state index contributed by atoms with van der Waals surface area (Å²) in [5, 5.41) is 11.0. The maximum atomic E-state index is 12.7. The predicted molar refractivity (Wildman–Crippen MR) is 128 cm³/mol. The SMILES string of the molecule is CCOC(=O)OC(C)n1c(-c2c(-c3ccc(C(=O)Nc4ncccc4C)cc3)cnn2C)noc1=O. The van der Waals surface area contributed by atoms with E-state index in [1.54, 1.807) is 56.7 Å². The lowest BCUT2D eigenvalue weighted by Gasteiger charge is -2.15. The normalized spacial score (nSPS) is 11.7. The van der Waals surface area contributed by atoms with E-state index in [0.29, 0.717) is 28.2 Å². The fraction of sp³-hybridized carbons (Fsp3) is 0.250. The number of pyridine rings is 1. The second-order valence-corrected chi connectivity index (χ2v) is 7.77. The molecular weight excluding hydrogens is 468 g/mol. The van der Waals surface area contributed by atoms with E-state index in [-0.39, 0.29) is 18.3 Å². The minimum Gasteiger partial charge on any atom is -0.435 e. The molecule has 0 radical (unpaired) electrons. The van der Waals surface area contributed by atoms with E-state index < -0.39 is 18.1 Å². The number of hydrogen-bond donors (Lipinski definition) is 1. The Bertz CT molecular complexity index is 1450. The first-order valence-electron chi connectivity index (χ1n) is 11.1. The van der Waals surface area contributed by atoms with Gasteiger partial charge in [-0.25, -0.2) is 19.1 Å². The van der Waals surface area contributed by atoms with E-state index in [0.717, 1.165) is 10.1 Å². The summed E-state index contributed by atoms with van der Waals surface area (Å²) in [7, 11) is 1.68. The van der Waals surface area contributed by atoms with E-state index in [1.807, 2.05) is 13.0 Å². The Morgan fingerprint density at radius 1 is 1.19 bits per heavy atom. The fourth-order valence-corrected chi connectivity index (χ4v) is 3.59. The van der Waals surface area contributed by atoms with Gasteiger partial charge >= 0.3 is 11.9 Å². The van der Waals surface area contributed by atoms with Gasteiger partial charge in [0.2, 0.25) is 5.82 Å². The average Bonchev–Trinajstić information content (AvgIpc) is 3.42. The monoisotopic (exact) mass is 492 g/mol. The van der Waals surface area contributed by atoms with Crippen molar-refractivity contribution in [2.75, 3.05) is 11.9 Å². The number of carbonyl (C=O) groups excluding carboxylic acids is 2. The molecular formula is C24H24N6O6. The van der Waals surface area contributed by atoms with Crippen LogP contribution in [0.15, 0.2) is 58.1 Å². The van der Waals surface area contributed by atoms with Gasteiger partial charge in [-0.3, -0.25) is 14.0 Å². The quantitative estimate of drug-likeness (QED) is 0.383. The minimum atomic E-state index is -1.05. The van der Waals surface area contributed by atoms with Crippen LogP contribution < -0.4 is 11.1 Å². The number of carbonyl (C=O) groups is 2. The van der Waals surface area contributed by atoms with Gasteiger partial charge in [0.05, 0.1) is 12.8 Å². The molecule has 4 rings (SSSR count). The highest BCUT2D eigenvalue weighted by atomic mass is 16.7. The van der Waals surface area contributed by atoms with Gasteiger partial charge in [0.1, 0.15) is 11.5 Å². The van der Waals surface area contributed by atoms with Crippen LogP contribution in [0.3, 0.4) is 0 Å². The predicted octanol–water partition coefficient (Wildman–Crippen LogP) is 3.55. The van der Waals surface area contributed by atoms with Crippen LogP contribution in [-0.4, -0.2) is 43.2 Å². The van der Waals surface area contributed by atoms with Crippen LogP contribution in [0.2, 0.25) is 0 Å². The molecule has 0 spiro atoms. The maximum absolute atomic E-state index is 12.7. The summed E-state index contributed by atoms with van der Waals surface area (Å²) in [6, 6.07) is 10.5. The van der Waals surface area contributed by atoms with Gasteiger partial charge in [0.15, 0.2) is 6.23 Å². The highest BCUT2D eigenvalue weighted by Gasteiger charge is 2.26. The maximum Gasteiger partial charge on any atom is 0.510 e. The lowest BCUT2D eigenvalue weighted by molar-refractivity contribution is 0.00456. The Balaban J connectivity index is 1.63. The van der Waals surface area contributed by atoms with Crippen molar-refractivity contribution in [1.82, 2.24) is 24.5 Å². The smallest absolute Gasteiger partial charge is 0.435 e. The van der Waals surface area contributed by atoms with E-state index >= 15 is 0 Å². The Hall–Kier alpha value is -4.74. The summed E-state index contributed by atoms with van der Waals surface area (Å²) in [4.78, 5) is 41.0. The number of benzene rings is 1. The zero-order chi connectivity index (χ0) is 25.8. The molecule has 0 fully saturated rings. The summed E-state index contributed by atoms with van der Waals surface area (Å²) in [5.74, 6) is -0.514. The van der Waals surface area contributed by atoms with Crippen LogP contribution >= 0.6 is 0 Å². The van der Waals surface area contributed by atoms with Gasteiger partial charge in [-0.1, -0.05) is 23.4 Å². The number of aryl methyl sites for hydroxylation is 2. The molecule has 0 bridgehead atoms. The van der Waals surface area contributed by atoms with E-state index in [1.165, 1.54) is 11.6 Å². The Morgan fingerprint density at radius 3 is 2.64 bits per heavy atom. The van der Waals surface area contributed by atoms with Crippen LogP contribution in [0, 0.1) is 6.92 Å². The third-order valence-corrected chi connectivity index (χ3v) is 5.38. The highest BCUT2D eigenvalue weighted by Crippen LogP contribution is 2.31. The van der Waals surface area contributed by atoms with Crippen molar-refractivity contribution in [3.8, 4) is 22.6 Å². The molecule has 12 nitrogen and oxygen atoms in total. The third kappa shape index (κ3) is 4.87. The molecule has 186 valence electrons. The summed E-state index contributed by atoms with van der Waals surface area (Å²) in [5.41, 5.74) is 3.06. The molecule has 0 aliphatic rings. The summed E-state index contributed by atoms with van der Waals surface area (Å²) >= 11 is 0. The Kier molecular flexibility index (Phi) is 6.95. The van der Waals surface area contributed by atoms with Crippen molar-refractivity contribution >= 4 is 17.9 Å². The van der Waals surface area contributed by atoms with Crippen LogP contribution in [0.1, 0.15) is 36.0 Å². The zero-order valence-electron chi connectivity index (χ0n) is 20.1. The molecule has 0 aliphatic heterocycles. The Labute approximate surface area is 205 Å². The molecule has 36 heavy (non-hydrogen) atoms. The molecule has 4 aromatic rings. The molecule has 0 saturated carbocycles. The van der Waals surface area contributed by atoms with Crippen molar-refractivity contribution in [3.63, 3.8) is 0 Å². The van der Waals surface area contributed by atoms with E-state index in [4.69, 9.17) is 14.0 Å². The number of hydrogen-bond acceptors (Lipinski definition) is 9. The number of amides is 1. The van der Waals surface area contributed by atoms with Crippen LogP contribution in [0.25, 0.3) is 22.6 Å². The Morgan fingerprint density at radius 2 is 1.94 bits per heavy atom. The van der Waals surface area contributed by atoms with E-state index in [2.05, 4.69) is 20.6 Å². The van der Waals surface area contributed by atoms with Crippen molar-refractivity contribution in [2.45, 2.75) is 27.0 Å². The van der Waals surface area contributed by atoms with Gasteiger partial charge in [-0.05, 0) is 50.1 Å². The molecule has 0 aliphatic carbocycles. The average molecular weight is 492 g/mol. The van der Waals surface area contributed by atoms with Gasteiger partial charge in [0.25, 0.3) is 5.91 Å². The summed E-state index contributed by atoms with van der Waals surface area (Å²) < 4.78 is 17.4. The van der Waals surface area contributed by atoms with Crippen molar-refractivity contribution in [2.24, 2.45) is 7.05 Å². The van der Waals surface area contributed by atoms with Gasteiger partial charge in [-0.2, -0.15) is 5.10 Å². The van der Waals surface area contributed by atoms with Gasteiger partial charge in [0, 0.05) is 24.4 Å². The highest BCUT2D eigenvalue weighted by molar-refractivity contribution is 6.04. The zero-order valence-corrected chi connectivity index (χ0v) is 20.1. The summed E-state index contributed by atoms with van der Waals surface area (Å²) in [6.45, 7) is 5.11. The molecule has 1 aromatic carbocycles. The van der Waals surface area contributed by atoms with E-state index in [9.17, 15) is 14.4 Å². The number of aromatic nitrogens is 5. The van der Waals surface area contributed by atoms with Crippen molar-refractivity contribution in [1.29, 1.82) is 0 Å². The number of nitrogens with zero attached hydrogens (tertiary/aromatic N) is 5. The first-order chi connectivity index (χ1) is 17.3. The largest absolute Gasteiger partial charge is 0.510 e. The lowest BCUT2D eigenvalue weighted by Crippen LogP contribution is -2.24. The van der Waals surface area contributed by atoms with Crippen LogP contribution in [0.4, 0.5) is 10.6 Å². The number of anilines is 1. The molecule has 3 heterocycles. The van der Waals surface area contributed by atoms with Gasteiger partial charge in [-0.15, -0.1) is 0 Å². The number of ether oxygens (including phenoxy) is 2. The van der Waals surface area contributed by atoms with Crippen molar-refractivity contribution < 1.29 is 23.6 Å². The lowest BCUT2D eigenvalue weighted by atomic mass is 10.0. The molecule has 1 N–H and O–H groups in total. The molecule has 1 atom stereocenters. The first kappa shape index (κ1) is 24.4. The fourth-order valence-electron chi connectivity index (χ4n) is 3.59. The van der Waals surface area contributed by atoms with Gasteiger partial charge < -0.3 is 14.8 Å². The molecule has 1 unspecified atom stereocenters. The molecule has 1 amide bonds. The molecule has 3 aromatic heterocycles. The minimum absolute atomic E-state index is 0.110. The van der Waals surface area contributed by atoms with Crippen LogP contribution in [-0.2, 0) is 16.5 Å². The van der Waals surface area contributed by atoms with Crippen LogP contribution in [0.5, 0.6) is 0 Å². The second kappa shape index (κ2) is 10.3. The molecule has 0 saturated heterocycles. The standard InChI is InChI=1S/C24H24N6O6/c1-5-34-24(33)35-15(3)30-21(28-36-23(30)32)19-18(13-26-29(19)4)16-8-10-17(11-9-16)22(31)27-20-14(2)7-6-12-25-20/h6-13,15H,5H2,1-4H3,(H,25,27,31). The second-order valence-electron chi connectivity index (χ2n) is 7.77. The topological polar surface area (TPSA) is 143 Å². The molecule has 12 heteroatoms. The van der Waals surface area contributed by atoms with Crippen molar-refractivity contribution in [3.05, 3.63) is 70.5 Å². The third-order valence-electron chi connectivity index (χ3n) is 5.38.